The zero-order valence-corrected chi connectivity index (χ0v) is 12.1. The van der Waals surface area contributed by atoms with Gasteiger partial charge in [-0.05, 0) is 62.1 Å². The van der Waals surface area contributed by atoms with Gasteiger partial charge in [0.05, 0.1) is 0 Å². The summed E-state index contributed by atoms with van der Waals surface area (Å²) in [5, 5.41) is 3.33. The Morgan fingerprint density at radius 3 is 2.21 bits per heavy atom. The van der Waals surface area contributed by atoms with Crippen LogP contribution in [-0.2, 0) is 0 Å². The first-order valence-electron chi connectivity index (χ1n) is 6.58. The molecule has 0 saturated heterocycles. The quantitative estimate of drug-likeness (QED) is 0.819. The third-order valence-electron chi connectivity index (χ3n) is 3.65. The van der Waals surface area contributed by atoms with Crippen molar-refractivity contribution in [2.45, 2.75) is 27.7 Å². The van der Waals surface area contributed by atoms with Crippen LogP contribution in [0.15, 0.2) is 36.4 Å². The van der Waals surface area contributed by atoms with Gasteiger partial charge in [-0.25, -0.2) is 0 Å². The molecule has 0 fully saturated rings. The highest BCUT2D eigenvalue weighted by molar-refractivity contribution is 5.53. The summed E-state index contributed by atoms with van der Waals surface area (Å²) >= 11 is 0. The van der Waals surface area contributed by atoms with Crippen LogP contribution in [0.25, 0.3) is 0 Å². The van der Waals surface area contributed by atoms with Gasteiger partial charge in [-0.1, -0.05) is 24.3 Å². The first-order valence-corrected chi connectivity index (χ1v) is 6.58. The number of benzene rings is 2. The van der Waals surface area contributed by atoms with Gasteiger partial charge in [-0.2, -0.15) is 0 Å². The fourth-order valence-electron chi connectivity index (χ4n) is 2.01. The SMILES string of the molecule is Cc1cccc(NCOc2cccc(C)c2C)c1C. The average Bonchev–Trinajstić information content (AvgIpc) is 2.39. The fraction of sp³-hybridized carbons (Fsp3) is 0.294. The van der Waals surface area contributed by atoms with E-state index in [1.54, 1.807) is 0 Å². The van der Waals surface area contributed by atoms with E-state index in [1.165, 1.54) is 22.3 Å². The van der Waals surface area contributed by atoms with Crippen LogP contribution in [0.4, 0.5) is 5.69 Å². The molecule has 0 radical (unpaired) electrons. The van der Waals surface area contributed by atoms with E-state index >= 15 is 0 Å². The van der Waals surface area contributed by atoms with Crippen molar-refractivity contribution in [3.05, 3.63) is 58.7 Å². The largest absolute Gasteiger partial charge is 0.473 e. The maximum Gasteiger partial charge on any atom is 0.159 e. The minimum atomic E-state index is 0.481. The van der Waals surface area contributed by atoms with Gasteiger partial charge in [-0.15, -0.1) is 0 Å². The molecule has 0 aliphatic carbocycles. The summed E-state index contributed by atoms with van der Waals surface area (Å²) < 4.78 is 5.81. The number of ether oxygens (including phenoxy) is 1. The second-order valence-corrected chi connectivity index (χ2v) is 4.91. The van der Waals surface area contributed by atoms with E-state index in [0.717, 1.165) is 11.4 Å². The summed E-state index contributed by atoms with van der Waals surface area (Å²) in [6.07, 6.45) is 0. The van der Waals surface area contributed by atoms with Gasteiger partial charge in [0.25, 0.3) is 0 Å². The molecular formula is C17H21NO. The Morgan fingerprint density at radius 1 is 0.842 bits per heavy atom. The summed E-state index contributed by atoms with van der Waals surface area (Å²) in [7, 11) is 0. The fourth-order valence-corrected chi connectivity index (χ4v) is 2.01. The number of hydrogen-bond donors (Lipinski definition) is 1. The number of hydrogen-bond acceptors (Lipinski definition) is 2. The lowest BCUT2D eigenvalue weighted by molar-refractivity contribution is 0.344. The van der Waals surface area contributed by atoms with E-state index in [2.05, 4.69) is 57.3 Å². The Balaban J connectivity index is 2.00. The Labute approximate surface area is 115 Å². The number of rotatable bonds is 4. The van der Waals surface area contributed by atoms with Crippen LogP contribution in [0.5, 0.6) is 5.75 Å². The maximum absolute atomic E-state index is 5.81. The third-order valence-corrected chi connectivity index (χ3v) is 3.65. The molecule has 0 spiro atoms. The molecule has 0 heterocycles. The molecule has 2 rings (SSSR count). The summed E-state index contributed by atoms with van der Waals surface area (Å²) in [5.74, 6) is 0.942. The summed E-state index contributed by atoms with van der Waals surface area (Å²) in [5.41, 5.74) is 6.14. The standard InChI is InChI=1S/C17H21NO/c1-12-7-5-9-16(14(12)3)18-11-19-17-10-6-8-13(2)15(17)4/h5-10,18H,11H2,1-4H3. The van der Waals surface area contributed by atoms with Crippen LogP contribution in [-0.4, -0.2) is 6.73 Å². The van der Waals surface area contributed by atoms with Gasteiger partial charge in [0, 0.05) is 5.69 Å². The van der Waals surface area contributed by atoms with Crippen molar-refractivity contribution in [3.63, 3.8) is 0 Å². The van der Waals surface area contributed by atoms with E-state index in [1.807, 2.05) is 12.1 Å². The van der Waals surface area contributed by atoms with Gasteiger partial charge < -0.3 is 10.1 Å². The Hall–Kier alpha value is -1.96. The first kappa shape index (κ1) is 13.5. The Morgan fingerprint density at radius 2 is 1.47 bits per heavy atom. The minimum absolute atomic E-state index is 0.481. The first-order chi connectivity index (χ1) is 9.09. The highest BCUT2D eigenvalue weighted by atomic mass is 16.5. The molecule has 0 aliphatic rings. The van der Waals surface area contributed by atoms with Crippen molar-refractivity contribution in [1.29, 1.82) is 0 Å². The van der Waals surface area contributed by atoms with Gasteiger partial charge >= 0.3 is 0 Å². The topological polar surface area (TPSA) is 21.3 Å². The lowest BCUT2D eigenvalue weighted by atomic mass is 10.1. The van der Waals surface area contributed by atoms with Gasteiger partial charge in [0.15, 0.2) is 6.73 Å². The molecule has 2 aromatic rings. The monoisotopic (exact) mass is 255 g/mol. The normalized spacial score (nSPS) is 10.3. The molecule has 0 amide bonds. The molecule has 0 saturated carbocycles. The van der Waals surface area contributed by atoms with Crippen LogP contribution in [0.1, 0.15) is 22.3 Å². The molecule has 19 heavy (non-hydrogen) atoms. The molecule has 2 aromatic carbocycles. The molecule has 2 heteroatoms. The predicted molar refractivity (Wildman–Crippen MR) is 80.9 cm³/mol. The molecule has 0 aromatic heterocycles. The smallest absolute Gasteiger partial charge is 0.159 e. The zero-order valence-electron chi connectivity index (χ0n) is 12.1. The molecule has 1 N–H and O–H groups in total. The Kier molecular flexibility index (Phi) is 4.10. The van der Waals surface area contributed by atoms with E-state index in [4.69, 9.17) is 4.74 Å². The molecule has 0 unspecified atom stereocenters. The van der Waals surface area contributed by atoms with E-state index < -0.39 is 0 Å². The number of nitrogens with one attached hydrogen (secondary N) is 1. The van der Waals surface area contributed by atoms with Crippen molar-refractivity contribution in [3.8, 4) is 5.75 Å². The Bertz CT molecular complexity index is 524. The average molecular weight is 255 g/mol. The molecular weight excluding hydrogens is 234 g/mol. The number of aryl methyl sites for hydroxylation is 2. The summed E-state index contributed by atoms with van der Waals surface area (Å²) in [6.45, 7) is 8.90. The van der Waals surface area contributed by atoms with Gasteiger partial charge in [0.1, 0.15) is 5.75 Å². The van der Waals surface area contributed by atoms with Crippen LogP contribution in [0.2, 0.25) is 0 Å². The maximum atomic E-state index is 5.81. The van der Waals surface area contributed by atoms with Crippen molar-refractivity contribution in [1.82, 2.24) is 0 Å². The highest BCUT2D eigenvalue weighted by Crippen LogP contribution is 2.21. The highest BCUT2D eigenvalue weighted by Gasteiger charge is 2.03. The summed E-state index contributed by atoms with van der Waals surface area (Å²) in [6, 6.07) is 12.4. The van der Waals surface area contributed by atoms with Crippen LogP contribution in [0, 0.1) is 27.7 Å². The van der Waals surface area contributed by atoms with Gasteiger partial charge in [-0.3, -0.25) is 0 Å². The van der Waals surface area contributed by atoms with E-state index in [9.17, 15) is 0 Å². The predicted octanol–water partition coefficient (Wildman–Crippen LogP) is 4.37. The van der Waals surface area contributed by atoms with Crippen molar-refractivity contribution >= 4 is 5.69 Å². The molecule has 100 valence electrons. The molecule has 0 atom stereocenters. The van der Waals surface area contributed by atoms with Crippen LogP contribution < -0.4 is 10.1 Å². The lowest BCUT2D eigenvalue weighted by Crippen LogP contribution is -2.10. The van der Waals surface area contributed by atoms with Crippen molar-refractivity contribution < 1.29 is 4.74 Å². The van der Waals surface area contributed by atoms with E-state index in [-0.39, 0.29) is 0 Å². The second-order valence-electron chi connectivity index (χ2n) is 4.91. The number of anilines is 1. The third kappa shape index (κ3) is 3.08. The minimum Gasteiger partial charge on any atom is -0.473 e. The zero-order chi connectivity index (χ0) is 13.8. The van der Waals surface area contributed by atoms with Crippen molar-refractivity contribution in [2.75, 3.05) is 12.0 Å². The van der Waals surface area contributed by atoms with Gasteiger partial charge in [0.2, 0.25) is 0 Å². The summed E-state index contributed by atoms with van der Waals surface area (Å²) in [4.78, 5) is 0. The molecule has 0 aliphatic heterocycles. The van der Waals surface area contributed by atoms with E-state index in [0.29, 0.717) is 6.73 Å². The van der Waals surface area contributed by atoms with Crippen molar-refractivity contribution in [2.24, 2.45) is 0 Å². The lowest BCUT2D eigenvalue weighted by Gasteiger charge is -2.14. The molecule has 0 bridgehead atoms. The van der Waals surface area contributed by atoms with Crippen LogP contribution >= 0.6 is 0 Å². The van der Waals surface area contributed by atoms with Crippen LogP contribution in [0.3, 0.4) is 0 Å². The molecule has 2 nitrogen and oxygen atoms in total. The second kappa shape index (κ2) is 5.79.